The number of hydrogen-bond acceptors (Lipinski definition) is 3. The van der Waals surface area contributed by atoms with Gasteiger partial charge in [-0.1, -0.05) is 6.07 Å². The van der Waals surface area contributed by atoms with E-state index >= 15 is 0 Å². The molecule has 2 N–H and O–H groups in total. The summed E-state index contributed by atoms with van der Waals surface area (Å²) < 4.78 is 24.0. The molecule has 1 aliphatic carbocycles. The minimum atomic E-state index is -0.324. The molecule has 0 radical (unpaired) electrons. The third-order valence-corrected chi connectivity index (χ3v) is 6.32. The van der Waals surface area contributed by atoms with Gasteiger partial charge in [-0.3, -0.25) is 4.79 Å². The van der Waals surface area contributed by atoms with Crippen LogP contribution in [0.1, 0.15) is 32.1 Å². The Hall–Kier alpha value is -2.18. The number of para-hydroxylation sites is 1. The number of halogens is 1. The van der Waals surface area contributed by atoms with Crippen molar-refractivity contribution >= 4 is 16.6 Å². The predicted octanol–water partition coefficient (Wildman–Crippen LogP) is 2.82. The lowest BCUT2D eigenvalue weighted by Crippen LogP contribution is -2.59. The maximum absolute atomic E-state index is 14.5. The van der Waals surface area contributed by atoms with Crippen LogP contribution in [0.25, 0.3) is 16.6 Å². The minimum Gasteiger partial charge on any atom is -0.373 e. The van der Waals surface area contributed by atoms with E-state index in [2.05, 4.69) is 0 Å². The highest BCUT2D eigenvalue weighted by atomic mass is 19.1. The fourth-order valence-electron chi connectivity index (χ4n) is 4.61. The van der Waals surface area contributed by atoms with E-state index in [9.17, 15) is 9.18 Å². The molecule has 6 rings (SSSR count). The van der Waals surface area contributed by atoms with Gasteiger partial charge in [-0.05, 0) is 56.4 Å². The maximum Gasteiger partial charge on any atom is 0.275 e. The van der Waals surface area contributed by atoms with Crippen molar-refractivity contribution in [1.29, 1.82) is 0 Å². The number of hydrogen-bond donors (Lipinski definition) is 1. The van der Waals surface area contributed by atoms with Crippen molar-refractivity contribution in [3.63, 3.8) is 0 Å². The van der Waals surface area contributed by atoms with E-state index in [1.54, 1.807) is 33.4 Å². The van der Waals surface area contributed by atoms with Crippen LogP contribution in [-0.2, 0) is 11.3 Å². The van der Waals surface area contributed by atoms with Gasteiger partial charge in [-0.2, -0.15) is 0 Å². The van der Waals surface area contributed by atoms with Crippen LogP contribution in [-0.4, -0.2) is 26.7 Å². The molecule has 3 aromatic rings. The second-order valence-corrected chi connectivity index (χ2v) is 7.91. The van der Waals surface area contributed by atoms with Crippen molar-refractivity contribution < 1.29 is 9.13 Å². The number of aromatic nitrogens is 2. The molecule has 2 aromatic heterocycles. The Balaban J connectivity index is 1.57. The van der Waals surface area contributed by atoms with Crippen molar-refractivity contribution in [2.24, 2.45) is 5.73 Å². The van der Waals surface area contributed by atoms with Gasteiger partial charge in [0, 0.05) is 18.3 Å². The van der Waals surface area contributed by atoms with Gasteiger partial charge in [-0.15, -0.1) is 0 Å². The lowest BCUT2D eigenvalue weighted by molar-refractivity contribution is -0.157. The van der Waals surface area contributed by atoms with Crippen molar-refractivity contribution in [1.82, 2.24) is 8.97 Å². The Kier molecular flexibility index (Phi) is 3.33. The Morgan fingerprint density at radius 3 is 2.62 bits per heavy atom. The van der Waals surface area contributed by atoms with Crippen LogP contribution >= 0.6 is 0 Å². The summed E-state index contributed by atoms with van der Waals surface area (Å²) in [7, 11) is 0. The Morgan fingerprint density at radius 2 is 1.88 bits per heavy atom. The van der Waals surface area contributed by atoms with Crippen LogP contribution in [0.5, 0.6) is 0 Å². The topological polar surface area (TPSA) is 61.7 Å². The minimum absolute atomic E-state index is 0.0932. The molecule has 2 saturated heterocycles. The lowest BCUT2D eigenvalue weighted by Gasteiger charge is -2.51. The Morgan fingerprint density at radius 1 is 1.12 bits per heavy atom. The molecule has 2 aliphatic heterocycles. The van der Waals surface area contributed by atoms with Crippen molar-refractivity contribution in [3.8, 4) is 0 Å². The van der Waals surface area contributed by atoms with Gasteiger partial charge >= 0.3 is 0 Å². The second kappa shape index (κ2) is 5.41. The summed E-state index contributed by atoms with van der Waals surface area (Å²) in [5, 5.41) is 0. The van der Waals surface area contributed by atoms with Crippen molar-refractivity contribution in [3.05, 3.63) is 52.7 Å². The SMILES string of the molecule is NC12CCC(CCn3c(=O)c4cccn4c4c(F)cccc43)(CC1)OC2. The quantitative estimate of drug-likeness (QED) is 0.786. The monoisotopic (exact) mass is 355 g/mol. The number of aryl methyl sites for hydroxylation is 1. The van der Waals surface area contributed by atoms with E-state index in [1.807, 2.05) is 6.07 Å². The molecule has 0 unspecified atom stereocenters. The van der Waals surface area contributed by atoms with Crippen LogP contribution in [0.2, 0.25) is 0 Å². The molecule has 1 saturated carbocycles. The van der Waals surface area contributed by atoms with Crippen LogP contribution in [0.15, 0.2) is 41.3 Å². The smallest absolute Gasteiger partial charge is 0.275 e. The number of nitrogens with two attached hydrogens (primary N) is 1. The Bertz CT molecular complexity index is 1040. The molecular weight excluding hydrogens is 333 g/mol. The molecule has 1 aromatic carbocycles. The van der Waals surface area contributed by atoms with E-state index in [0.29, 0.717) is 29.7 Å². The zero-order valence-corrected chi connectivity index (χ0v) is 14.6. The van der Waals surface area contributed by atoms with E-state index in [1.165, 1.54) is 6.07 Å². The predicted molar refractivity (Wildman–Crippen MR) is 97.8 cm³/mol. The number of fused-ring (bicyclic) bond motifs is 6. The molecule has 0 atom stereocenters. The largest absolute Gasteiger partial charge is 0.373 e. The lowest BCUT2D eigenvalue weighted by atomic mass is 9.70. The summed E-state index contributed by atoms with van der Waals surface area (Å²) in [6.45, 7) is 1.10. The first-order chi connectivity index (χ1) is 12.5. The number of rotatable bonds is 3. The first-order valence-electron chi connectivity index (χ1n) is 9.21. The Labute approximate surface area is 150 Å². The zero-order valence-electron chi connectivity index (χ0n) is 14.6. The first-order valence-corrected chi connectivity index (χ1v) is 9.21. The number of ether oxygens (including phenoxy) is 1. The van der Waals surface area contributed by atoms with E-state index < -0.39 is 0 Å². The average molecular weight is 355 g/mol. The average Bonchev–Trinajstić information content (AvgIpc) is 3.13. The van der Waals surface area contributed by atoms with E-state index in [0.717, 1.165) is 32.1 Å². The fraction of sp³-hybridized carbons (Fsp3) is 0.450. The molecule has 6 heteroatoms. The van der Waals surface area contributed by atoms with Gasteiger partial charge in [-0.25, -0.2) is 4.39 Å². The molecule has 4 heterocycles. The summed E-state index contributed by atoms with van der Waals surface area (Å²) in [5.74, 6) is -0.324. The summed E-state index contributed by atoms with van der Waals surface area (Å²) in [4.78, 5) is 13.0. The molecule has 0 amide bonds. The molecule has 3 aliphatic rings. The highest BCUT2D eigenvalue weighted by Gasteiger charge is 2.47. The highest BCUT2D eigenvalue weighted by Crippen LogP contribution is 2.44. The molecule has 5 nitrogen and oxygen atoms in total. The van der Waals surface area contributed by atoms with Gasteiger partial charge in [0.25, 0.3) is 5.56 Å². The summed E-state index contributed by atoms with van der Waals surface area (Å²) in [5.41, 5.74) is 7.40. The van der Waals surface area contributed by atoms with Crippen LogP contribution in [0.4, 0.5) is 4.39 Å². The van der Waals surface area contributed by atoms with Crippen molar-refractivity contribution in [2.75, 3.05) is 6.61 Å². The van der Waals surface area contributed by atoms with Crippen LogP contribution in [0.3, 0.4) is 0 Å². The third-order valence-electron chi connectivity index (χ3n) is 6.32. The molecule has 2 bridgehead atoms. The molecule has 0 spiro atoms. The molecular formula is C20H22FN3O2. The number of nitrogens with zero attached hydrogens (tertiary/aromatic N) is 2. The van der Waals surface area contributed by atoms with Gasteiger partial charge in [0.15, 0.2) is 0 Å². The van der Waals surface area contributed by atoms with E-state index in [-0.39, 0.29) is 22.5 Å². The zero-order chi connectivity index (χ0) is 17.9. The van der Waals surface area contributed by atoms with Gasteiger partial charge in [0.2, 0.25) is 0 Å². The van der Waals surface area contributed by atoms with Crippen LogP contribution in [0, 0.1) is 5.82 Å². The van der Waals surface area contributed by atoms with Gasteiger partial charge in [0.1, 0.15) is 16.9 Å². The standard InChI is InChI=1S/C20H22FN3O2/c21-14-3-1-4-15-17(14)23-11-2-5-16(23)18(25)24(15)12-10-20-8-6-19(22,7-9-20)13-26-20/h1-5,11H,6-10,12-13,22H2. The number of benzene rings is 1. The van der Waals surface area contributed by atoms with Gasteiger partial charge in [0.05, 0.1) is 17.7 Å². The fourth-order valence-corrected chi connectivity index (χ4v) is 4.61. The van der Waals surface area contributed by atoms with Crippen molar-refractivity contribution in [2.45, 2.75) is 49.8 Å². The summed E-state index contributed by atoms with van der Waals surface area (Å²) >= 11 is 0. The third kappa shape index (κ3) is 2.25. The van der Waals surface area contributed by atoms with Crippen LogP contribution < -0.4 is 11.3 Å². The summed E-state index contributed by atoms with van der Waals surface area (Å²) in [6, 6.07) is 8.41. The summed E-state index contributed by atoms with van der Waals surface area (Å²) in [6.07, 6.45) is 6.27. The van der Waals surface area contributed by atoms with Gasteiger partial charge < -0.3 is 19.4 Å². The highest BCUT2D eigenvalue weighted by molar-refractivity contribution is 5.79. The first kappa shape index (κ1) is 16.0. The molecule has 26 heavy (non-hydrogen) atoms. The molecule has 3 fully saturated rings. The molecule has 136 valence electrons. The maximum atomic E-state index is 14.5. The normalized spacial score (nSPS) is 28.2. The second-order valence-electron chi connectivity index (χ2n) is 7.91. The van der Waals surface area contributed by atoms with E-state index in [4.69, 9.17) is 10.5 Å².